The molecule has 0 saturated heterocycles. The summed E-state index contributed by atoms with van der Waals surface area (Å²) in [6.07, 6.45) is 1.85. The van der Waals surface area contributed by atoms with Crippen LogP contribution in [0.2, 0.25) is 10.0 Å². The number of ether oxygens (including phenoxy) is 3. The van der Waals surface area contributed by atoms with E-state index in [-0.39, 0.29) is 70.4 Å². The van der Waals surface area contributed by atoms with Crippen molar-refractivity contribution in [2.45, 2.75) is 37.7 Å². The molecule has 14 heteroatoms. The fourth-order valence-corrected chi connectivity index (χ4v) is 6.57. The smallest absolute Gasteiger partial charge is 0.303 e. The molecule has 0 bridgehead atoms. The van der Waals surface area contributed by atoms with Crippen LogP contribution in [0.4, 0.5) is 10.1 Å². The quantitative estimate of drug-likeness (QED) is 0.154. The molecule has 0 spiro atoms. The van der Waals surface area contributed by atoms with Crippen molar-refractivity contribution in [3.63, 3.8) is 0 Å². The number of aliphatic carboxylic acids is 1. The van der Waals surface area contributed by atoms with E-state index in [1.54, 1.807) is 37.3 Å². The van der Waals surface area contributed by atoms with Gasteiger partial charge in [-0.2, -0.15) is 0 Å². The molecular weight excluding hydrogens is 626 g/mol. The Morgan fingerprint density at radius 3 is 2.65 bits per heavy atom. The van der Waals surface area contributed by atoms with Crippen LogP contribution >= 0.6 is 23.2 Å². The van der Waals surface area contributed by atoms with Crippen molar-refractivity contribution in [3.05, 3.63) is 75.7 Å². The lowest BCUT2D eigenvalue weighted by atomic mass is 10.0. The zero-order valence-electron chi connectivity index (χ0n) is 23.1. The Kier molecular flexibility index (Phi) is 10.2. The van der Waals surface area contributed by atoms with Gasteiger partial charge in [-0.05, 0) is 54.8 Å². The number of sulfonamides is 1. The number of carboxylic acids is 1. The van der Waals surface area contributed by atoms with Crippen LogP contribution < -0.4 is 13.8 Å². The molecule has 0 amide bonds. The molecule has 1 aliphatic heterocycles. The summed E-state index contributed by atoms with van der Waals surface area (Å²) in [5.74, 6) is -2.18. The maximum absolute atomic E-state index is 14.5. The first-order chi connectivity index (χ1) is 20.4. The number of anilines is 1. The third-order valence-electron chi connectivity index (χ3n) is 6.32. The molecule has 2 heterocycles. The third kappa shape index (κ3) is 7.75. The number of hydrogen-bond acceptors (Lipinski definition) is 8. The lowest BCUT2D eigenvalue weighted by Crippen LogP contribution is -2.44. The molecule has 0 saturated carbocycles. The van der Waals surface area contributed by atoms with Gasteiger partial charge in [-0.25, -0.2) is 17.8 Å². The predicted molar refractivity (Wildman–Crippen MR) is 159 cm³/mol. The van der Waals surface area contributed by atoms with E-state index in [1.807, 2.05) is 0 Å². The van der Waals surface area contributed by atoms with Gasteiger partial charge >= 0.3 is 11.9 Å². The Labute approximate surface area is 257 Å². The zero-order chi connectivity index (χ0) is 31.3. The summed E-state index contributed by atoms with van der Waals surface area (Å²) >= 11 is 12.4. The van der Waals surface area contributed by atoms with Crippen molar-refractivity contribution < 1.29 is 41.7 Å². The van der Waals surface area contributed by atoms with Crippen molar-refractivity contribution in [3.8, 4) is 11.6 Å². The standard InChI is InChI=1S/C29H27Cl2FN2O8S/c1-17(28-22(31)4-3-5-23(28)32)12-19-6-8-25-24(13-19)34(16-21(42-25)7-9-27(36)37)43(38,39)26-14-20(30)15-33-29(26)41-11-10-40-18(2)35/h3-6,8,12-15,21H,7,9-11,16H2,1-2H3,(H,36,37). The molecule has 1 aromatic heterocycles. The number of hydrogen-bond donors (Lipinski definition) is 1. The predicted octanol–water partition coefficient (Wildman–Crippen LogP) is 5.85. The highest BCUT2D eigenvalue weighted by Gasteiger charge is 2.37. The monoisotopic (exact) mass is 652 g/mol. The Bertz CT molecular complexity index is 1660. The van der Waals surface area contributed by atoms with Gasteiger partial charge < -0.3 is 19.3 Å². The highest BCUT2D eigenvalue weighted by atomic mass is 35.5. The zero-order valence-corrected chi connectivity index (χ0v) is 25.4. The summed E-state index contributed by atoms with van der Waals surface area (Å²) in [5, 5.41) is 9.44. The number of halogens is 3. The highest BCUT2D eigenvalue weighted by molar-refractivity contribution is 7.93. The van der Waals surface area contributed by atoms with Gasteiger partial charge in [0.1, 0.15) is 30.9 Å². The van der Waals surface area contributed by atoms with Gasteiger partial charge in [-0.3, -0.25) is 13.9 Å². The van der Waals surface area contributed by atoms with Gasteiger partial charge in [0.25, 0.3) is 10.0 Å². The SMILES string of the molecule is CC(=O)OCCOc1ncc(Cl)cc1S(=O)(=O)N1CC(CCC(=O)O)Oc2ccc(C=C(C)c3c(F)cccc3Cl)cc21. The minimum Gasteiger partial charge on any atom is -0.486 e. The second-order valence-corrected chi connectivity index (χ2v) is 12.2. The van der Waals surface area contributed by atoms with E-state index in [4.69, 9.17) is 37.4 Å². The second-order valence-electron chi connectivity index (χ2n) is 9.50. The van der Waals surface area contributed by atoms with Crippen LogP contribution in [0.5, 0.6) is 11.6 Å². The molecule has 1 unspecified atom stereocenters. The second kappa shape index (κ2) is 13.6. The Morgan fingerprint density at radius 2 is 1.95 bits per heavy atom. The van der Waals surface area contributed by atoms with Crippen molar-refractivity contribution in [1.82, 2.24) is 4.98 Å². The molecule has 1 N–H and O–H groups in total. The van der Waals surface area contributed by atoms with Gasteiger partial charge in [0.05, 0.1) is 22.3 Å². The van der Waals surface area contributed by atoms with Crippen LogP contribution in [0.3, 0.4) is 0 Å². The molecule has 228 valence electrons. The fourth-order valence-electron chi connectivity index (χ4n) is 4.42. The van der Waals surface area contributed by atoms with Crippen LogP contribution in [0.25, 0.3) is 11.6 Å². The lowest BCUT2D eigenvalue weighted by molar-refractivity contribution is -0.141. The summed E-state index contributed by atoms with van der Waals surface area (Å²) in [5.41, 5.74) is 1.37. The Hall–Kier alpha value is -3.87. The third-order valence-corrected chi connectivity index (χ3v) is 8.61. The van der Waals surface area contributed by atoms with Gasteiger partial charge in [0.2, 0.25) is 5.88 Å². The van der Waals surface area contributed by atoms with Crippen molar-refractivity contribution in [1.29, 1.82) is 0 Å². The number of nitrogens with zero attached hydrogens (tertiary/aromatic N) is 2. The van der Waals surface area contributed by atoms with Crippen LogP contribution in [0.15, 0.2) is 53.6 Å². The molecule has 1 atom stereocenters. The molecule has 0 radical (unpaired) electrons. The average Bonchev–Trinajstić information content (AvgIpc) is 2.94. The average molecular weight is 654 g/mol. The number of benzene rings is 2. The number of esters is 1. The first-order valence-electron chi connectivity index (χ1n) is 13.0. The summed E-state index contributed by atoms with van der Waals surface area (Å²) in [6, 6.07) is 10.3. The number of rotatable bonds is 11. The number of carboxylic acid groups (broad SMARTS) is 1. The maximum Gasteiger partial charge on any atom is 0.303 e. The van der Waals surface area contributed by atoms with Gasteiger partial charge in [-0.15, -0.1) is 0 Å². The molecule has 0 aliphatic carbocycles. The van der Waals surface area contributed by atoms with E-state index < -0.39 is 33.9 Å². The first kappa shape index (κ1) is 32.1. The summed E-state index contributed by atoms with van der Waals surface area (Å²) in [6.45, 7) is 2.35. The fraction of sp³-hybridized carbons (Fsp3) is 0.276. The number of carbonyl (C=O) groups is 2. The summed E-state index contributed by atoms with van der Waals surface area (Å²) in [4.78, 5) is 26.0. The van der Waals surface area contributed by atoms with E-state index in [0.29, 0.717) is 11.1 Å². The number of fused-ring (bicyclic) bond motifs is 1. The van der Waals surface area contributed by atoms with E-state index in [0.717, 1.165) is 4.31 Å². The number of aromatic nitrogens is 1. The summed E-state index contributed by atoms with van der Waals surface area (Å²) < 4.78 is 60.4. The van der Waals surface area contributed by atoms with Crippen molar-refractivity contribution in [2.24, 2.45) is 0 Å². The lowest BCUT2D eigenvalue weighted by Gasteiger charge is -2.35. The van der Waals surface area contributed by atoms with Crippen LogP contribution in [-0.4, -0.2) is 56.3 Å². The minimum absolute atomic E-state index is 0.0240. The summed E-state index contributed by atoms with van der Waals surface area (Å²) in [7, 11) is -4.44. The number of pyridine rings is 1. The molecule has 10 nitrogen and oxygen atoms in total. The Morgan fingerprint density at radius 1 is 1.19 bits per heavy atom. The minimum atomic E-state index is -4.44. The molecule has 3 aromatic rings. The van der Waals surface area contributed by atoms with E-state index in [1.165, 1.54) is 31.3 Å². The van der Waals surface area contributed by atoms with Gasteiger partial charge in [0, 0.05) is 25.1 Å². The van der Waals surface area contributed by atoms with Crippen molar-refractivity contribution in [2.75, 3.05) is 24.1 Å². The normalized spacial score (nSPS) is 15.0. The number of allylic oxidation sites excluding steroid dienone is 1. The molecule has 0 fully saturated rings. The van der Waals surface area contributed by atoms with Crippen molar-refractivity contribution >= 4 is 62.5 Å². The molecular formula is C29H27Cl2FN2O8S. The molecule has 43 heavy (non-hydrogen) atoms. The van der Waals surface area contributed by atoms with Crippen LogP contribution in [0, 0.1) is 5.82 Å². The maximum atomic E-state index is 14.5. The van der Waals surface area contributed by atoms with Crippen LogP contribution in [-0.2, 0) is 24.3 Å². The molecule has 2 aromatic carbocycles. The molecule has 4 rings (SSSR count). The van der Waals surface area contributed by atoms with Crippen LogP contribution in [0.1, 0.15) is 37.8 Å². The highest BCUT2D eigenvalue weighted by Crippen LogP contribution is 2.41. The first-order valence-corrected chi connectivity index (χ1v) is 15.2. The number of carbonyl (C=O) groups excluding carboxylic acids is 1. The topological polar surface area (TPSA) is 132 Å². The van der Waals surface area contributed by atoms with E-state index in [9.17, 15) is 27.5 Å². The Balaban J connectivity index is 1.77. The molecule has 1 aliphatic rings. The van der Waals surface area contributed by atoms with E-state index >= 15 is 0 Å². The largest absolute Gasteiger partial charge is 0.486 e. The van der Waals surface area contributed by atoms with Gasteiger partial charge in [-0.1, -0.05) is 41.4 Å². The van der Waals surface area contributed by atoms with Gasteiger partial charge in [0.15, 0.2) is 4.90 Å². The van der Waals surface area contributed by atoms with E-state index in [2.05, 4.69) is 4.98 Å².